The lowest BCUT2D eigenvalue weighted by Gasteiger charge is -2.16. The number of likely N-dealkylation sites (tertiary alicyclic amines) is 1. The molecule has 1 aliphatic heterocycles. The molecule has 1 atom stereocenters. The Morgan fingerprint density at radius 3 is 2.68 bits per heavy atom. The highest BCUT2D eigenvalue weighted by molar-refractivity contribution is 6.32. The zero-order valence-electron chi connectivity index (χ0n) is 14.7. The van der Waals surface area contributed by atoms with Crippen molar-refractivity contribution in [2.45, 2.75) is 12.8 Å². The zero-order chi connectivity index (χ0) is 20.3. The molecule has 0 spiro atoms. The smallest absolute Gasteiger partial charge is 0.289 e. The summed E-state index contributed by atoms with van der Waals surface area (Å²) >= 11 is 5.76. The zero-order valence-corrected chi connectivity index (χ0v) is 15.5. The summed E-state index contributed by atoms with van der Waals surface area (Å²) in [5.41, 5.74) is 0.844. The molecule has 146 valence electrons. The molecule has 0 bridgehead atoms. The van der Waals surface area contributed by atoms with E-state index in [9.17, 15) is 24.1 Å². The van der Waals surface area contributed by atoms with Gasteiger partial charge in [0.2, 0.25) is 11.8 Å². The van der Waals surface area contributed by atoms with Crippen molar-refractivity contribution in [2.75, 3.05) is 18.4 Å². The Morgan fingerprint density at radius 1 is 1.29 bits per heavy atom. The summed E-state index contributed by atoms with van der Waals surface area (Å²) in [7, 11) is 0. The lowest BCUT2D eigenvalue weighted by atomic mass is 10.1. The quantitative estimate of drug-likeness (QED) is 0.588. The number of nitro benzene ring substituents is 1. The van der Waals surface area contributed by atoms with Crippen LogP contribution in [-0.4, -0.2) is 34.7 Å². The number of nitrogens with one attached hydrogen (secondary N) is 1. The van der Waals surface area contributed by atoms with Crippen LogP contribution in [0.2, 0.25) is 5.02 Å². The molecule has 9 heteroatoms. The second-order valence-electron chi connectivity index (χ2n) is 6.53. The van der Waals surface area contributed by atoms with Crippen molar-refractivity contribution < 1.29 is 18.9 Å². The molecule has 28 heavy (non-hydrogen) atoms. The third-order valence-electron chi connectivity index (χ3n) is 4.58. The predicted octanol–water partition coefficient (Wildman–Crippen LogP) is 3.42. The molecule has 0 unspecified atom stereocenters. The average molecular weight is 406 g/mol. The molecule has 1 fully saturated rings. The van der Waals surface area contributed by atoms with Crippen molar-refractivity contribution in [2.24, 2.45) is 5.92 Å². The number of hydrogen-bond acceptors (Lipinski definition) is 4. The number of carbonyl (C=O) groups is 2. The molecular weight excluding hydrogens is 389 g/mol. The Kier molecular flexibility index (Phi) is 5.89. The van der Waals surface area contributed by atoms with E-state index in [0.717, 1.165) is 5.56 Å². The van der Waals surface area contributed by atoms with E-state index >= 15 is 0 Å². The maximum atomic E-state index is 12.9. The fraction of sp³-hybridized carbons (Fsp3) is 0.263. The van der Waals surface area contributed by atoms with Crippen LogP contribution in [0.15, 0.2) is 42.5 Å². The molecule has 3 rings (SSSR count). The third kappa shape index (κ3) is 4.64. The van der Waals surface area contributed by atoms with Gasteiger partial charge in [-0.05, 0) is 36.2 Å². The standard InChI is InChI=1S/C19H17ClFN3O4/c20-16-6-5-15(10-17(16)24(27)28)22-19(26)13-9-18(25)23(11-13)8-7-12-1-3-14(21)4-2-12/h1-6,10,13H,7-9,11H2,(H,22,26)/t13-/m1/s1. The van der Waals surface area contributed by atoms with E-state index in [1.807, 2.05) is 0 Å². The van der Waals surface area contributed by atoms with E-state index in [1.165, 1.54) is 30.3 Å². The molecule has 0 saturated carbocycles. The van der Waals surface area contributed by atoms with Gasteiger partial charge in [0.1, 0.15) is 10.8 Å². The van der Waals surface area contributed by atoms with Gasteiger partial charge in [0.05, 0.1) is 10.8 Å². The van der Waals surface area contributed by atoms with Crippen molar-refractivity contribution in [3.8, 4) is 0 Å². The molecule has 2 aromatic carbocycles. The number of halogens is 2. The summed E-state index contributed by atoms with van der Waals surface area (Å²) in [4.78, 5) is 36.5. The third-order valence-corrected chi connectivity index (χ3v) is 4.90. The van der Waals surface area contributed by atoms with Gasteiger partial charge in [0.25, 0.3) is 5.69 Å². The minimum Gasteiger partial charge on any atom is -0.342 e. The molecule has 0 radical (unpaired) electrons. The molecule has 2 amide bonds. The van der Waals surface area contributed by atoms with Crippen LogP contribution in [0.1, 0.15) is 12.0 Å². The molecule has 1 saturated heterocycles. The van der Waals surface area contributed by atoms with Crippen LogP contribution in [0.4, 0.5) is 15.8 Å². The van der Waals surface area contributed by atoms with Gasteiger partial charge in [-0.15, -0.1) is 0 Å². The van der Waals surface area contributed by atoms with E-state index < -0.39 is 10.8 Å². The van der Waals surface area contributed by atoms with E-state index in [2.05, 4.69) is 5.32 Å². The number of nitrogens with zero attached hydrogens (tertiary/aromatic N) is 2. The van der Waals surface area contributed by atoms with Gasteiger partial charge in [0.15, 0.2) is 0 Å². The molecule has 1 aliphatic rings. The van der Waals surface area contributed by atoms with Crippen molar-refractivity contribution in [3.63, 3.8) is 0 Å². The first-order chi connectivity index (χ1) is 13.3. The van der Waals surface area contributed by atoms with Gasteiger partial charge < -0.3 is 10.2 Å². The summed E-state index contributed by atoms with van der Waals surface area (Å²) in [6.45, 7) is 0.697. The first kappa shape index (κ1) is 19.8. The molecule has 2 aromatic rings. The first-order valence-electron chi connectivity index (χ1n) is 8.60. The van der Waals surface area contributed by atoms with Crippen molar-refractivity contribution >= 4 is 34.8 Å². The molecule has 0 aliphatic carbocycles. The summed E-state index contributed by atoms with van der Waals surface area (Å²) in [5, 5.41) is 13.5. The van der Waals surface area contributed by atoms with Crippen LogP contribution in [0.25, 0.3) is 0 Å². The maximum absolute atomic E-state index is 12.9. The Morgan fingerprint density at radius 2 is 2.00 bits per heavy atom. The summed E-state index contributed by atoms with van der Waals surface area (Å²) < 4.78 is 12.9. The Hall–Kier alpha value is -3.00. The fourth-order valence-corrected chi connectivity index (χ4v) is 3.24. The minimum absolute atomic E-state index is 0.0222. The van der Waals surface area contributed by atoms with Crippen LogP contribution in [-0.2, 0) is 16.0 Å². The summed E-state index contributed by atoms with van der Waals surface area (Å²) in [5.74, 6) is -1.38. The van der Waals surface area contributed by atoms with Crippen molar-refractivity contribution in [1.29, 1.82) is 0 Å². The normalized spacial score (nSPS) is 16.3. The maximum Gasteiger partial charge on any atom is 0.289 e. The van der Waals surface area contributed by atoms with Gasteiger partial charge >= 0.3 is 0 Å². The highest BCUT2D eigenvalue weighted by Gasteiger charge is 2.34. The monoisotopic (exact) mass is 405 g/mol. The van der Waals surface area contributed by atoms with Gasteiger partial charge in [0, 0.05) is 31.3 Å². The van der Waals surface area contributed by atoms with E-state index in [4.69, 9.17) is 11.6 Å². The Balaban J connectivity index is 1.58. The Bertz CT molecular complexity index is 920. The van der Waals surface area contributed by atoms with Gasteiger partial charge in [-0.3, -0.25) is 19.7 Å². The predicted molar refractivity (Wildman–Crippen MR) is 102 cm³/mol. The van der Waals surface area contributed by atoms with Crippen LogP contribution < -0.4 is 5.32 Å². The largest absolute Gasteiger partial charge is 0.342 e. The van der Waals surface area contributed by atoms with Crippen molar-refractivity contribution in [1.82, 2.24) is 4.90 Å². The Labute approximate surface area is 165 Å². The second-order valence-corrected chi connectivity index (χ2v) is 6.94. The number of rotatable bonds is 6. The van der Waals surface area contributed by atoms with Crippen LogP contribution >= 0.6 is 11.6 Å². The number of nitro groups is 1. The van der Waals surface area contributed by atoms with Crippen LogP contribution in [0.5, 0.6) is 0 Å². The van der Waals surface area contributed by atoms with Gasteiger partial charge in [-0.2, -0.15) is 0 Å². The topological polar surface area (TPSA) is 92.5 Å². The summed E-state index contributed by atoms with van der Waals surface area (Å²) in [6, 6.07) is 10.0. The first-order valence-corrected chi connectivity index (χ1v) is 8.98. The number of anilines is 1. The van der Waals surface area contributed by atoms with Gasteiger partial charge in [-0.1, -0.05) is 23.7 Å². The number of amides is 2. The minimum atomic E-state index is -0.631. The molecule has 7 nitrogen and oxygen atoms in total. The van der Waals surface area contributed by atoms with Gasteiger partial charge in [-0.25, -0.2) is 4.39 Å². The highest BCUT2D eigenvalue weighted by Crippen LogP contribution is 2.28. The SMILES string of the molecule is O=C(Nc1ccc(Cl)c([N+](=O)[O-])c1)[C@@H]1CC(=O)N(CCc2ccc(F)cc2)C1. The van der Waals surface area contributed by atoms with E-state index in [1.54, 1.807) is 17.0 Å². The number of carbonyl (C=O) groups excluding carboxylic acids is 2. The van der Waals surface area contributed by atoms with Crippen molar-refractivity contribution in [3.05, 3.63) is 69.0 Å². The van der Waals surface area contributed by atoms with E-state index in [-0.39, 0.29) is 47.0 Å². The van der Waals surface area contributed by atoms with Crippen LogP contribution in [0, 0.1) is 21.8 Å². The molecule has 1 heterocycles. The lowest BCUT2D eigenvalue weighted by Crippen LogP contribution is -2.30. The summed E-state index contributed by atoms with van der Waals surface area (Å²) in [6.07, 6.45) is 0.634. The molecular formula is C19H17ClFN3O4. The highest BCUT2D eigenvalue weighted by atomic mass is 35.5. The van der Waals surface area contributed by atoms with E-state index in [0.29, 0.717) is 13.0 Å². The second kappa shape index (κ2) is 8.35. The number of hydrogen-bond donors (Lipinski definition) is 1. The molecule has 0 aromatic heterocycles. The molecule has 1 N–H and O–H groups in total. The lowest BCUT2D eigenvalue weighted by molar-refractivity contribution is -0.384. The number of benzene rings is 2. The average Bonchev–Trinajstić information content (AvgIpc) is 3.03. The van der Waals surface area contributed by atoms with Crippen LogP contribution in [0.3, 0.4) is 0 Å². The fourth-order valence-electron chi connectivity index (χ4n) is 3.05.